The van der Waals surface area contributed by atoms with Gasteiger partial charge in [-0.25, -0.2) is 0 Å². The first-order valence-electron chi connectivity index (χ1n) is 7.26. The monoisotopic (exact) mass is 428 g/mol. The van der Waals surface area contributed by atoms with E-state index in [9.17, 15) is 0 Å². The molecule has 23 heavy (non-hydrogen) atoms. The number of anilines is 1. The van der Waals surface area contributed by atoms with Crippen molar-refractivity contribution in [3.63, 3.8) is 0 Å². The van der Waals surface area contributed by atoms with Crippen LogP contribution in [0.4, 0.5) is 5.69 Å². The van der Waals surface area contributed by atoms with Gasteiger partial charge in [0, 0.05) is 27.5 Å². The fourth-order valence-electron chi connectivity index (χ4n) is 1.89. The first kappa shape index (κ1) is 18.6. The summed E-state index contributed by atoms with van der Waals surface area (Å²) in [5.74, 6) is 2.10. The van der Waals surface area contributed by atoms with Crippen LogP contribution in [0.3, 0.4) is 0 Å². The molecule has 0 amide bonds. The molecule has 0 saturated carbocycles. The fourth-order valence-corrected chi connectivity index (χ4v) is 3.55. The summed E-state index contributed by atoms with van der Waals surface area (Å²) >= 11 is 16.5. The minimum atomic E-state index is 0.658. The van der Waals surface area contributed by atoms with Gasteiger partial charge in [-0.3, -0.25) is 0 Å². The maximum atomic E-state index is 5.87. The molecule has 2 aromatic carbocycles. The summed E-state index contributed by atoms with van der Waals surface area (Å²) in [6, 6.07) is 16.0. The van der Waals surface area contributed by atoms with Crippen LogP contribution in [-0.4, -0.2) is 17.4 Å². The lowest BCUT2D eigenvalue weighted by Crippen LogP contribution is -2.29. The summed E-state index contributed by atoms with van der Waals surface area (Å²) < 4.78 is 1.03. The average Bonchev–Trinajstić information content (AvgIpc) is 2.52. The molecule has 0 aliphatic rings. The van der Waals surface area contributed by atoms with Crippen LogP contribution in [0.5, 0.6) is 0 Å². The van der Waals surface area contributed by atoms with Crippen molar-refractivity contribution in [2.45, 2.75) is 12.2 Å². The molecular weight excluding hydrogens is 412 g/mol. The second-order valence-corrected chi connectivity index (χ2v) is 7.79. The van der Waals surface area contributed by atoms with Gasteiger partial charge in [-0.2, -0.15) is 11.8 Å². The van der Waals surface area contributed by atoms with Gasteiger partial charge in [0.15, 0.2) is 5.11 Å². The number of hydrogen-bond donors (Lipinski definition) is 2. The highest BCUT2D eigenvalue weighted by Crippen LogP contribution is 2.16. The quantitative estimate of drug-likeness (QED) is 0.434. The first-order chi connectivity index (χ1) is 11.1. The van der Waals surface area contributed by atoms with Crippen molar-refractivity contribution >= 4 is 62.3 Å². The number of halogens is 2. The van der Waals surface area contributed by atoms with Crippen LogP contribution < -0.4 is 10.6 Å². The molecular formula is C17H18BrClN2S2. The van der Waals surface area contributed by atoms with E-state index in [0.29, 0.717) is 5.11 Å². The lowest BCUT2D eigenvalue weighted by molar-refractivity contribution is 0.854. The zero-order valence-corrected chi connectivity index (χ0v) is 16.5. The Kier molecular flexibility index (Phi) is 8.23. The maximum absolute atomic E-state index is 5.87. The smallest absolute Gasteiger partial charge is 0.170 e. The minimum Gasteiger partial charge on any atom is -0.362 e. The Balaban J connectivity index is 1.56. The van der Waals surface area contributed by atoms with Crippen molar-refractivity contribution in [3.05, 3.63) is 63.6 Å². The van der Waals surface area contributed by atoms with E-state index in [4.69, 9.17) is 23.8 Å². The van der Waals surface area contributed by atoms with E-state index in [1.807, 2.05) is 48.2 Å². The second-order valence-electron chi connectivity index (χ2n) is 4.92. The van der Waals surface area contributed by atoms with Crippen LogP contribution in [0, 0.1) is 0 Å². The molecule has 2 nitrogen and oxygen atoms in total. The van der Waals surface area contributed by atoms with Crippen LogP contribution in [0.15, 0.2) is 53.0 Å². The molecule has 0 bridgehead atoms. The second kappa shape index (κ2) is 10.2. The summed E-state index contributed by atoms with van der Waals surface area (Å²) in [5, 5.41) is 7.85. The minimum absolute atomic E-state index is 0.658. The normalized spacial score (nSPS) is 10.3. The number of rotatable bonds is 7. The summed E-state index contributed by atoms with van der Waals surface area (Å²) in [7, 11) is 0. The Morgan fingerprint density at radius 3 is 2.70 bits per heavy atom. The average molecular weight is 430 g/mol. The highest BCUT2D eigenvalue weighted by Gasteiger charge is 1.98. The highest BCUT2D eigenvalue weighted by molar-refractivity contribution is 9.10. The molecule has 0 aromatic heterocycles. The summed E-state index contributed by atoms with van der Waals surface area (Å²) in [6.07, 6.45) is 1.07. The first-order valence-corrected chi connectivity index (χ1v) is 9.99. The highest BCUT2D eigenvalue weighted by atomic mass is 79.9. The lowest BCUT2D eigenvalue weighted by atomic mass is 10.2. The van der Waals surface area contributed by atoms with Crippen molar-refractivity contribution in [2.75, 3.05) is 17.6 Å². The molecule has 0 heterocycles. The molecule has 0 atom stereocenters. The molecule has 0 aliphatic carbocycles. The van der Waals surface area contributed by atoms with E-state index >= 15 is 0 Å². The van der Waals surface area contributed by atoms with Crippen molar-refractivity contribution in [1.29, 1.82) is 0 Å². The van der Waals surface area contributed by atoms with Crippen molar-refractivity contribution < 1.29 is 0 Å². The zero-order chi connectivity index (χ0) is 16.5. The molecule has 0 radical (unpaired) electrons. The van der Waals surface area contributed by atoms with E-state index in [-0.39, 0.29) is 0 Å². The van der Waals surface area contributed by atoms with Crippen molar-refractivity contribution in [1.82, 2.24) is 5.32 Å². The van der Waals surface area contributed by atoms with Crippen molar-refractivity contribution in [3.8, 4) is 0 Å². The third-order valence-corrected chi connectivity index (χ3v) is 5.12. The molecule has 122 valence electrons. The van der Waals surface area contributed by atoms with Crippen LogP contribution >= 0.6 is 51.5 Å². The van der Waals surface area contributed by atoms with E-state index in [0.717, 1.165) is 39.7 Å². The van der Waals surface area contributed by atoms with Gasteiger partial charge in [0.1, 0.15) is 0 Å². The number of thiocarbonyl (C=S) groups is 1. The number of nitrogens with one attached hydrogen (secondary N) is 2. The van der Waals surface area contributed by atoms with Gasteiger partial charge in [-0.05, 0) is 60.3 Å². The summed E-state index contributed by atoms with van der Waals surface area (Å²) in [5.41, 5.74) is 2.29. The molecule has 2 aromatic rings. The Hall–Kier alpha value is -0.750. The molecule has 0 spiro atoms. The van der Waals surface area contributed by atoms with Gasteiger partial charge >= 0.3 is 0 Å². The van der Waals surface area contributed by atoms with Crippen LogP contribution in [-0.2, 0) is 5.75 Å². The molecule has 2 rings (SSSR count). The largest absolute Gasteiger partial charge is 0.362 e. The summed E-state index contributed by atoms with van der Waals surface area (Å²) in [4.78, 5) is 0. The van der Waals surface area contributed by atoms with Crippen LogP contribution in [0.2, 0.25) is 5.02 Å². The third-order valence-electron chi connectivity index (χ3n) is 3.02. The molecule has 0 aliphatic heterocycles. The number of thioether (sulfide) groups is 1. The SMILES string of the molecule is S=C(NCCCSCc1ccc(Cl)cc1)Nc1cccc(Br)c1. The van der Waals surface area contributed by atoms with Crippen molar-refractivity contribution in [2.24, 2.45) is 0 Å². The third kappa shape index (κ3) is 7.57. The lowest BCUT2D eigenvalue weighted by Gasteiger charge is -2.10. The van der Waals surface area contributed by atoms with Crippen LogP contribution in [0.25, 0.3) is 0 Å². The predicted molar refractivity (Wildman–Crippen MR) is 111 cm³/mol. The summed E-state index contributed by atoms with van der Waals surface area (Å²) in [6.45, 7) is 0.869. The number of benzene rings is 2. The Morgan fingerprint density at radius 1 is 1.17 bits per heavy atom. The van der Waals surface area contributed by atoms with Gasteiger partial charge in [0.25, 0.3) is 0 Å². The zero-order valence-electron chi connectivity index (χ0n) is 12.5. The van der Waals surface area contributed by atoms with Gasteiger partial charge in [-0.15, -0.1) is 0 Å². The molecule has 2 N–H and O–H groups in total. The molecule has 0 fully saturated rings. The Bertz CT molecular complexity index is 635. The van der Waals surface area contributed by atoms with E-state index < -0.39 is 0 Å². The molecule has 0 saturated heterocycles. The van der Waals surface area contributed by atoms with Crippen LogP contribution in [0.1, 0.15) is 12.0 Å². The van der Waals surface area contributed by atoms with E-state index in [1.54, 1.807) is 0 Å². The Labute approximate surface area is 160 Å². The van der Waals surface area contributed by atoms with E-state index in [2.05, 4.69) is 38.7 Å². The predicted octanol–water partition coefficient (Wildman–Crippen LogP) is 5.71. The van der Waals surface area contributed by atoms with Gasteiger partial charge < -0.3 is 10.6 Å². The van der Waals surface area contributed by atoms with E-state index in [1.165, 1.54) is 5.56 Å². The standard InChI is InChI=1S/C17H18BrClN2S2/c18-14-3-1-4-16(11-14)21-17(22)20-9-2-10-23-12-13-5-7-15(19)8-6-13/h1,3-8,11H,2,9-10,12H2,(H2,20,21,22). The Morgan fingerprint density at radius 2 is 1.96 bits per heavy atom. The van der Waals surface area contributed by atoms with Gasteiger partial charge in [0.2, 0.25) is 0 Å². The topological polar surface area (TPSA) is 24.1 Å². The molecule has 6 heteroatoms. The van der Waals surface area contributed by atoms with Gasteiger partial charge in [0.05, 0.1) is 0 Å². The van der Waals surface area contributed by atoms with Gasteiger partial charge in [-0.1, -0.05) is 45.7 Å². The molecule has 0 unspecified atom stereocenters. The fraction of sp³-hybridized carbons (Fsp3) is 0.235. The number of hydrogen-bond acceptors (Lipinski definition) is 2. The maximum Gasteiger partial charge on any atom is 0.170 e.